The van der Waals surface area contributed by atoms with E-state index in [2.05, 4.69) is 11.9 Å². The fraction of sp³-hybridized carbons (Fsp3) is 0.259. The molecule has 192 valence electrons. The Morgan fingerprint density at radius 3 is 2.51 bits per heavy atom. The van der Waals surface area contributed by atoms with Gasteiger partial charge in [0.15, 0.2) is 5.13 Å². The zero-order chi connectivity index (χ0) is 26.7. The van der Waals surface area contributed by atoms with Crippen LogP contribution in [0.1, 0.15) is 52.3 Å². The lowest BCUT2D eigenvalue weighted by Gasteiger charge is -2.23. The Balaban J connectivity index is 1.83. The molecule has 1 N–H and O–H groups in total. The molecule has 1 atom stereocenters. The third kappa shape index (κ3) is 4.97. The molecule has 0 aliphatic carbocycles. The molecule has 8 nitrogen and oxygen atoms in total. The second kappa shape index (κ2) is 10.9. The Kier molecular flexibility index (Phi) is 7.68. The van der Waals surface area contributed by atoms with E-state index in [1.165, 1.54) is 25.3 Å². The first-order valence-corrected chi connectivity index (χ1v) is 12.4. The number of aromatic nitrogens is 1. The maximum Gasteiger partial charge on any atom is 0.350 e. The number of carbonyl (C=O) groups is 3. The van der Waals surface area contributed by atoms with Crippen LogP contribution < -0.4 is 9.64 Å². The number of hydrogen-bond donors (Lipinski definition) is 1. The summed E-state index contributed by atoms with van der Waals surface area (Å²) in [6.07, 6.45) is 1.87. The molecule has 1 aliphatic rings. The van der Waals surface area contributed by atoms with Crippen LogP contribution in [0.15, 0.2) is 54.1 Å². The molecule has 0 saturated carbocycles. The number of carbonyl (C=O) groups excluding carboxylic acids is 3. The van der Waals surface area contributed by atoms with Gasteiger partial charge in [0.05, 0.1) is 25.0 Å². The van der Waals surface area contributed by atoms with Gasteiger partial charge in [0.2, 0.25) is 0 Å². The molecule has 4 rings (SSSR count). The molecule has 0 unspecified atom stereocenters. The van der Waals surface area contributed by atoms with E-state index < -0.39 is 35.3 Å². The van der Waals surface area contributed by atoms with Gasteiger partial charge < -0.3 is 14.6 Å². The lowest BCUT2D eigenvalue weighted by atomic mass is 9.95. The van der Waals surface area contributed by atoms with Gasteiger partial charge in [0, 0.05) is 11.1 Å². The second-order valence-electron chi connectivity index (χ2n) is 8.32. The Hall–Kier alpha value is -4.05. The highest BCUT2D eigenvalue weighted by molar-refractivity contribution is 7.17. The molecule has 1 fully saturated rings. The van der Waals surface area contributed by atoms with Crippen molar-refractivity contribution in [1.29, 1.82) is 0 Å². The summed E-state index contributed by atoms with van der Waals surface area (Å²) in [4.78, 5) is 44.1. The van der Waals surface area contributed by atoms with Crippen LogP contribution in [-0.2, 0) is 14.3 Å². The number of ether oxygens (including phenoxy) is 2. The zero-order valence-electron chi connectivity index (χ0n) is 20.5. The van der Waals surface area contributed by atoms with Crippen molar-refractivity contribution in [3.63, 3.8) is 0 Å². The van der Waals surface area contributed by atoms with Gasteiger partial charge in [-0.15, -0.1) is 0 Å². The van der Waals surface area contributed by atoms with Crippen molar-refractivity contribution < 1.29 is 33.4 Å². The third-order valence-electron chi connectivity index (χ3n) is 5.90. The fourth-order valence-corrected chi connectivity index (χ4v) is 5.00. The average molecular weight is 525 g/mol. The molecule has 3 aromatic rings. The normalized spacial score (nSPS) is 16.8. The number of methoxy groups -OCH3 is 1. The van der Waals surface area contributed by atoms with E-state index in [4.69, 9.17) is 9.47 Å². The summed E-state index contributed by atoms with van der Waals surface area (Å²) in [7, 11) is 1.22. The smallest absolute Gasteiger partial charge is 0.350 e. The van der Waals surface area contributed by atoms with Crippen LogP contribution >= 0.6 is 11.3 Å². The first-order valence-electron chi connectivity index (χ1n) is 11.6. The van der Waals surface area contributed by atoms with Gasteiger partial charge in [-0.3, -0.25) is 14.5 Å². The number of aliphatic hydroxyl groups is 1. The third-order valence-corrected chi connectivity index (χ3v) is 7.04. The summed E-state index contributed by atoms with van der Waals surface area (Å²) >= 11 is 0.844. The van der Waals surface area contributed by atoms with E-state index in [0.717, 1.165) is 29.1 Å². The number of benzene rings is 2. The monoisotopic (exact) mass is 524 g/mol. The number of unbranched alkanes of at least 4 members (excludes halogenated alkanes) is 1. The Labute approximate surface area is 217 Å². The quantitative estimate of drug-likeness (QED) is 0.142. The SMILES string of the molecule is CCCCOc1ccc(C(O)=C2C(=O)C(=O)N(c3nc(C)c(C(=O)OC)s3)[C@@H]2c2ccccc2F)cc1. The molecule has 1 saturated heterocycles. The number of esters is 1. The minimum absolute atomic E-state index is 0.00441. The van der Waals surface area contributed by atoms with Gasteiger partial charge in [-0.05, 0) is 43.7 Å². The maximum absolute atomic E-state index is 15.0. The topological polar surface area (TPSA) is 106 Å². The summed E-state index contributed by atoms with van der Waals surface area (Å²) < 4.78 is 25.4. The average Bonchev–Trinajstić information content (AvgIpc) is 3.40. The van der Waals surface area contributed by atoms with Gasteiger partial charge in [0.25, 0.3) is 5.78 Å². The number of aliphatic hydroxyl groups excluding tert-OH is 1. The van der Waals surface area contributed by atoms with E-state index in [1.807, 2.05) is 0 Å². The van der Waals surface area contributed by atoms with Crippen LogP contribution in [0.4, 0.5) is 9.52 Å². The number of rotatable bonds is 8. The molecule has 1 amide bonds. The number of halogens is 1. The largest absolute Gasteiger partial charge is 0.507 e. The molecule has 2 aromatic carbocycles. The molecule has 0 radical (unpaired) electrons. The molecule has 1 aromatic heterocycles. The lowest BCUT2D eigenvalue weighted by molar-refractivity contribution is -0.132. The molecule has 2 heterocycles. The standard InChI is InChI=1S/C27H25FN2O6S/c1-4-5-14-36-17-12-10-16(11-13-17)22(31)20-21(18-8-6-7-9-19(18)28)30(25(33)23(20)32)27-29-15(2)24(37-27)26(34)35-3/h6-13,21,31H,4-5,14H2,1-3H3/t21-/m1/s1. The lowest BCUT2D eigenvalue weighted by Crippen LogP contribution is -2.29. The molecule has 37 heavy (non-hydrogen) atoms. The Bertz CT molecular complexity index is 1380. The van der Waals surface area contributed by atoms with Crippen molar-refractivity contribution in [2.24, 2.45) is 0 Å². The van der Waals surface area contributed by atoms with Crippen LogP contribution in [0.5, 0.6) is 5.75 Å². The van der Waals surface area contributed by atoms with Crippen molar-refractivity contribution >= 4 is 39.9 Å². The van der Waals surface area contributed by atoms with Crippen molar-refractivity contribution in [1.82, 2.24) is 4.98 Å². The van der Waals surface area contributed by atoms with Gasteiger partial charge in [-0.2, -0.15) is 0 Å². The summed E-state index contributed by atoms with van der Waals surface area (Å²) in [5.41, 5.74) is 0.255. The minimum Gasteiger partial charge on any atom is -0.507 e. The van der Waals surface area contributed by atoms with Crippen LogP contribution in [0.2, 0.25) is 0 Å². The number of anilines is 1. The van der Waals surface area contributed by atoms with Crippen LogP contribution in [0.3, 0.4) is 0 Å². The van der Waals surface area contributed by atoms with Crippen LogP contribution in [0, 0.1) is 12.7 Å². The van der Waals surface area contributed by atoms with Gasteiger partial charge in [0.1, 0.15) is 28.2 Å². The first-order chi connectivity index (χ1) is 17.8. The summed E-state index contributed by atoms with van der Waals surface area (Å²) in [5, 5.41) is 11.2. The number of nitrogens with zero attached hydrogens (tertiary/aromatic N) is 2. The summed E-state index contributed by atoms with van der Waals surface area (Å²) in [6.45, 7) is 4.15. The number of amides is 1. The molecule has 10 heteroatoms. The number of Topliss-reactive ketones (excluding diaryl/α,β-unsaturated/α-hetero) is 1. The number of hydrogen-bond acceptors (Lipinski definition) is 8. The van der Waals surface area contributed by atoms with Crippen molar-refractivity contribution in [3.8, 4) is 5.75 Å². The van der Waals surface area contributed by atoms with Gasteiger partial charge >= 0.3 is 11.9 Å². The van der Waals surface area contributed by atoms with Crippen molar-refractivity contribution in [3.05, 3.63) is 81.6 Å². The van der Waals surface area contributed by atoms with Crippen molar-refractivity contribution in [2.75, 3.05) is 18.6 Å². The van der Waals surface area contributed by atoms with Crippen molar-refractivity contribution in [2.45, 2.75) is 32.7 Å². The molecule has 1 aliphatic heterocycles. The van der Waals surface area contributed by atoms with Crippen LogP contribution in [0.25, 0.3) is 5.76 Å². The second-order valence-corrected chi connectivity index (χ2v) is 9.30. The Morgan fingerprint density at radius 2 is 1.86 bits per heavy atom. The summed E-state index contributed by atoms with van der Waals surface area (Å²) in [6, 6.07) is 10.8. The van der Waals surface area contributed by atoms with E-state index in [1.54, 1.807) is 37.3 Å². The molecular formula is C27H25FN2O6S. The molecular weight excluding hydrogens is 499 g/mol. The summed E-state index contributed by atoms with van der Waals surface area (Å²) in [5.74, 6) is -3.20. The van der Waals surface area contributed by atoms with E-state index >= 15 is 4.39 Å². The molecule has 0 spiro atoms. The van der Waals surface area contributed by atoms with E-state index in [0.29, 0.717) is 18.1 Å². The highest BCUT2D eigenvalue weighted by atomic mass is 32.1. The highest BCUT2D eigenvalue weighted by Gasteiger charge is 2.49. The Morgan fingerprint density at radius 1 is 1.16 bits per heavy atom. The fourth-order valence-electron chi connectivity index (χ4n) is 3.99. The maximum atomic E-state index is 15.0. The highest BCUT2D eigenvalue weighted by Crippen LogP contribution is 2.44. The van der Waals surface area contributed by atoms with E-state index in [-0.39, 0.29) is 26.7 Å². The van der Waals surface area contributed by atoms with Gasteiger partial charge in [-0.1, -0.05) is 42.9 Å². The number of aryl methyl sites for hydroxylation is 1. The minimum atomic E-state index is -1.31. The molecule has 0 bridgehead atoms. The predicted octanol–water partition coefficient (Wildman–Crippen LogP) is 5.18. The predicted molar refractivity (Wildman–Crippen MR) is 136 cm³/mol. The zero-order valence-corrected chi connectivity index (χ0v) is 21.3. The van der Waals surface area contributed by atoms with Gasteiger partial charge in [-0.25, -0.2) is 14.2 Å². The number of thiazole rings is 1. The first kappa shape index (κ1) is 26.0. The van der Waals surface area contributed by atoms with Crippen LogP contribution in [-0.4, -0.2) is 41.5 Å². The number of ketones is 1. The van der Waals surface area contributed by atoms with E-state index in [9.17, 15) is 19.5 Å².